The number of alkyl halides is 2. The van der Waals surface area contributed by atoms with Crippen LogP contribution in [-0.4, -0.2) is 25.6 Å². The lowest BCUT2D eigenvalue weighted by atomic mass is 10.1. The minimum Gasteiger partial charge on any atom is -0.331 e. The number of hydrogen-bond acceptors (Lipinski definition) is 4. The second-order valence-corrected chi connectivity index (χ2v) is 5.21. The summed E-state index contributed by atoms with van der Waals surface area (Å²) in [5, 5.41) is 16.0. The summed E-state index contributed by atoms with van der Waals surface area (Å²) in [5.74, 6) is -0.535. The van der Waals surface area contributed by atoms with Gasteiger partial charge in [0.2, 0.25) is 11.8 Å². The van der Waals surface area contributed by atoms with E-state index in [-0.39, 0.29) is 26.4 Å². The molecule has 0 unspecified atom stereocenters. The van der Waals surface area contributed by atoms with Crippen LogP contribution in [0.2, 0.25) is 0 Å². The molecule has 0 saturated carbocycles. The van der Waals surface area contributed by atoms with Crippen LogP contribution in [0.25, 0.3) is 0 Å². The fourth-order valence-electron chi connectivity index (χ4n) is 1.42. The molecule has 0 heterocycles. The minimum absolute atomic E-state index is 0.0973. The lowest BCUT2D eigenvalue weighted by Crippen LogP contribution is -2.41. The zero-order valence-corrected chi connectivity index (χ0v) is 14.5. The van der Waals surface area contributed by atoms with Gasteiger partial charge in [-0.2, -0.15) is 0 Å². The van der Waals surface area contributed by atoms with Crippen LogP contribution in [-0.2, 0) is 9.59 Å². The van der Waals surface area contributed by atoms with Gasteiger partial charge in [0.25, 0.3) is 5.69 Å². The molecule has 20 heavy (non-hydrogen) atoms. The molecular formula is C11H11I2N3O4. The van der Waals surface area contributed by atoms with Gasteiger partial charge in [0.05, 0.1) is 13.8 Å². The van der Waals surface area contributed by atoms with E-state index in [0.29, 0.717) is 5.56 Å². The summed E-state index contributed by atoms with van der Waals surface area (Å²) in [7, 11) is 0. The van der Waals surface area contributed by atoms with Crippen molar-refractivity contribution in [2.75, 3.05) is 8.86 Å². The first-order valence-corrected chi connectivity index (χ1v) is 8.48. The van der Waals surface area contributed by atoms with Gasteiger partial charge >= 0.3 is 0 Å². The molecule has 0 aliphatic heterocycles. The zero-order chi connectivity index (χ0) is 15.1. The Morgan fingerprint density at radius 1 is 1.20 bits per heavy atom. The molecule has 7 nitrogen and oxygen atoms in total. The van der Waals surface area contributed by atoms with E-state index in [4.69, 9.17) is 0 Å². The van der Waals surface area contributed by atoms with Gasteiger partial charge in [0.1, 0.15) is 6.17 Å². The molecule has 1 rings (SSSR count). The van der Waals surface area contributed by atoms with Crippen molar-refractivity contribution in [3.63, 3.8) is 0 Å². The third-order valence-electron chi connectivity index (χ3n) is 2.27. The molecular weight excluding hydrogens is 492 g/mol. The first-order chi connectivity index (χ1) is 9.47. The Hall–Kier alpha value is -0.980. The van der Waals surface area contributed by atoms with E-state index in [0.717, 1.165) is 0 Å². The van der Waals surface area contributed by atoms with E-state index < -0.39 is 11.1 Å². The van der Waals surface area contributed by atoms with Gasteiger partial charge in [-0.3, -0.25) is 19.7 Å². The largest absolute Gasteiger partial charge is 0.331 e. The van der Waals surface area contributed by atoms with Crippen LogP contribution in [0.4, 0.5) is 5.69 Å². The molecule has 1 aromatic rings. The van der Waals surface area contributed by atoms with Crippen molar-refractivity contribution in [1.82, 2.24) is 10.6 Å². The van der Waals surface area contributed by atoms with Gasteiger partial charge in [-0.1, -0.05) is 57.3 Å². The van der Waals surface area contributed by atoms with Gasteiger partial charge in [0, 0.05) is 17.7 Å². The molecule has 0 aromatic heterocycles. The maximum atomic E-state index is 11.5. The normalized spacial score (nSPS) is 10.2. The van der Waals surface area contributed by atoms with Crippen LogP contribution in [0.1, 0.15) is 11.7 Å². The summed E-state index contributed by atoms with van der Waals surface area (Å²) in [5.41, 5.74) is 0.357. The van der Waals surface area contributed by atoms with E-state index in [1.165, 1.54) is 18.2 Å². The van der Waals surface area contributed by atoms with Gasteiger partial charge < -0.3 is 10.6 Å². The molecule has 2 N–H and O–H groups in total. The van der Waals surface area contributed by atoms with E-state index >= 15 is 0 Å². The quantitative estimate of drug-likeness (QED) is 0.203. The van der Waals surface area contributed by atoms with E-state index in [1.807, 2.05) is 45.2 Å². The van der Waals surface area contributed by atoms with Crippen LogP contribution < -0.4 is 10.6 Å². The number of nitro groups is 1. The number of nitrogens with one attached hydrogen (secondary N) is 2. The maximum Gasteiger partial charge on any atom is 0.269 e. The lowest BCUT2D eigenvalue weighted by molar-refractivity contribution is -0.384. The highest BCUT2D eigenvalue weighted by Gasteiger charge is 2.18. The third-order valence-corrected chi connectivity index (χ3v) is 3.65. The number of carbonyl (C=O) groups excluding carboxylic acids is 2. The van der Waals surface area contributed by atoms with Crippen molar-refractivity contribution >= 4 is 62.7 Å². The number of non-ortho nitro benzene ring substituents is 1. The van der Waals surface area contributed by atoms with Crippen LogP contribution in [0, 0.1) is 10.1 Å². The molecule has 0 spiro atoms. The van der Waals surface area contributed by atoms with E-state index in [1.54, 1.807) is 6.07 Å². The Morgan fingerprint density at radius 2 is 1.75 bits per heavy atom. The number of amides is 2. The number of carbonyl (C=O) groups is 2. The Balaban J connectivity index is 3.02. The topological polar surface area (TPSA) is 101 Å². The second-order valence-electron chi connectivity index (χ2n) is 3.69. The van der Waals surface area contributed by atoms with Crippen LogP contribution in [0.3, 0.4) is 0 Å². The van der Waals surface area contributed by atoms with Crippen molar-refractivity contribution in [2.45, 2.75) is 6.17 Å². The molecule has 108 valence electrons. The van der Waals surface area contributed by atoms with Crippen LogP contribution >= 0.6 is 45.2 Å². The number of rotatable bonds is 6. The number of nitro benzene ring substituents is 1. The highest BCUT2D eigenvalue weighted by molar-refractivity contribution is 14.1. The number of halogens is 2. The third kappa shape index (κ3) is 5.19. The molecule has 0 saturated heterocycles. The van der Waals surface area contributed by atoms with Crippen LogP contribution in [0.5, 0.6) is 0 Å². The molecule has 0 bridgehead atoms. The van der Waals surface area contributed by atoms with Gasteiger partial charge in [0.15, 0.2) is 0 Å². The number of benzene rings is 1. The summed E-state index contributed by atoms with van der Waals surface area (Å²) in [4.78, 5) is 33.2. The number of hydrogen-bond donors (Lipinski definition) is 2. The van der Waals surface area contributed by atoms with Crippen molar-refractivity contribution < 1.29 is 14.5 Å². The molecule has 0 fully saturated rings. The van der Waals surface area contributed by atoms with Gasteiger partial charge in [-0.25, -0.2) is 0 Å². The summed E-state index contributed by atoms with van der Waals surface area (Å²) in [6, 6.07) is 5.79. The summed E-state index contributed by atoms with van der Waals surface area (Å²) < 4.78 is 0.451. The highest BCUT2D eigenvalue weighted by atomic mass is 127. The van der Waals surface area contributed by atoms with Gasteiger partial charge in [-0.05, 0) is 0 Å². The van der Waals surface area contributed by atoms with Crippen LogP contribution in [0.15, 0.2) is 24.3 Å². The standard InChI is InChI=1S/C11H11I2N3O4/c12-5-9(17)14-11(15-10(18)6-13)7-2-1-3-8(4-7)16(19)20/h1-4,11H,5-6H2,(H,14,17)(H,15,18). The molecule has 1 aromatic carbocycles. The van der Waals surface area contributed by atoms with Crippen molar-refractivity contribution in [3.05, 3.63) is 39.9 Å². The first kappa shape index (κ1) is 17.1. The Bertz CT molecular complexity index is 506. The van der Waals surface area contributed by atoms with E-state index in [9.17, 15) is 19.7 Å². The average molecular weight is 503 g/mol. The summed E-state index contributed by atoms with van der Waals surface area (Å²) in [6.07, 6.45) is -0.778. The zero-order valence-electron chi connectivity index (χ0n) is 10.1. The van der Waals surface area contributed by atoms with Gasteiger partial charge in [-0.15, -0.1) is 0 Å². The minimum atomic E-state index is -0.778. The fraction of sp³-hybridized carbons (Fsp3) is 0.273. The SMILES string of the molecule is O=C(CI)NC(NC(=O)CI)c1cccc([N+](=O)[O-])c1. The average Bonchev–Trinajstić information content (AvgIpc) is 2.46. The summed E-state index contributed by atoms with van der Waals surface area (Å²) in [6.45, 7) is 0. The monoisotopic (exact) mass is 503 g/mol. The molecule has 0 aliphatic carbocycles. The Morgan fingerprint density at radius 3 is 2.20 bits per heavy atom. The van der Waals surface area contributed by atoms with Crippen molar-refractivity contribution in [2.24, 2.45) is 0 Å². The van der Waals surface area contributed by atoms with Crippen molar-refractivity contribution in [3.8, 4) is 0 Å². The molecule has 0 radical (unpaired) electrons. The Labute approximate surface area is 142 Å². The Kier molecular flexibility index (Phi) is 7.12. The maximum absolute atomic E-state index is 11.5. The molecule has 9 heteroatoms. The second kappa shape index (κ2) is 8.34. The lowest BCUT2D eigenvalue weighted by Gasteiger charge is -2.19. The highest BCUT2D eigenvalue weighted by Crippen LogP contribution is 2.18. The summed E-state index contributed by atoms with van der Waals surface area (Å²) >= 11 is 3.78. The molecule has 2 amide bonds. The fourth-order valence-corrected chi connectivity index (χ4v) is 1.86. The molecule has 0 atom stereocenters. The first-order valence-electron chi connectivity index (χ1n) is 5.43. The predicted molar refractivity (Wildman–Crippen MR) is 89.9 cm³/mol. The smallest absolute Gasteiger partial charge is 0.269 e. The molecule has 0 aliphatic rings. The van der Waals surface area contributed by atoms with E-state index in [2.05, 4.69) is 10.6 Å². The number of nitrogens with zero attached hydrogens (tertiary/aromatic N) is 1. The predicted octanol–water partition coefficient (Wildman–Crippen LogP) is 1.70. The van der Waals surface area contributed by atoms with Crippen molar-refractivity contribution in [1.29, 1.82) is 0 Å².